The molecule has 2 atom stereocenters. The summed E-state index contributed by atoms with van der Waals surface area (Å²) in [6.07, 6.45) is 1.32. The second-order valence-electron chi connectivity index (χ2n) is 7.23. The summed E-state index contributed by atoms with van der Waals surface area (Å²) in [4.78, 5) is 14.5. The number of sulfonamides is 1. The van der Waals surface area contributed by atoms with Gasteiger partial charge in [-0.1, -0.05) is 0 Å². The lowest BCUT2D eigenvalue weighted by molar-refractivity contribution is -0.0440. The zero-order valence-corrected chi connectivity index (χ0v) is 16.1. The average molecular weight is 381 g/mol. The maximum absolute atomic E-state index is 12.9. The number of ether oxygens (including phenoxy) is 1. The van der Waals surface area contributed by atoms with Crippen LogP contribution >= 0.6 is 0 Å². The Balaban J connectivity index is 1.73. The Morgan fingerprint density at radius 2 is 1.62 bits per heavy atom. The van der Waals surface area contributed by atoms with Crippen LogP contribution < -0.4 is 5.73 Å². The first-order chi connectivity index (χ1) is 12.3. The van der Waals surface area contributed by atoms with Crippen LogP contribution in [0.2, 0.25) is 0 Å². The van der Waals surface area contributed by atoms with E-state index in [-0.39, 0.29) is 29.1 Å². The Kier molecular flexibility index (Phi) is 5.67. The molecule has 0 bridgehead atoms. The van der Waals surface area contributed by atoms with Crippen molar-refractivity contribution in [1.82, 2.24) is 9.21 Å². The second kappa shape index (κ2) is 7.64. The van der Waals surface area contributed by atoms with Crippen LogP contribution in [0, 0.1) is 0 Å². The number of benzene rings is 1. The molecule has 0 aromatic heterocycles. The minimum absolute atomic E-state index is 0.0746. The molecule has 0 spiro atoms. The van der Waals surface area contributed by atoms with Crippen molar-refractivity contribution >= 4 is 15.9 Å². The monoisotopic (exact) mass is 381 g/mol. The van der Waals surface area contributed by atoms with E-state index in [4.69, 9.17) is 10.5 Å². The predicted octanol–water partition coefficient (Wildman–Crippen LogP) is 1.05. The molecule has 1 amide bonds. The van der Waals surface area contributed by atoms with Gasteiger partial charge in [-0.05, 0) is 51.0 Å². The number of carbonyl (C=O) groups is 1. The molecule has 8 heteroatoms. The van der Waals surface area contributed by atoms with Crippen LogP contribution in [-0.2, 0) is 14.8 Å². The van der Waals surface area contributed by atoms with Crippen LogP contribution in [0.4, 0.5) is 0 Å². The molecule has 0 saturated carbocycles. The van der Waals surface area contributed by atoms with Gasteiger partial charge in [-0.25, -0.2) is 8.42 Å². The van der Waals surface area contributed by atoms with E-state index in [2.05, 4.69) is 0 Å². The van der Waals surface area contributed by atoms with E-state index in [0.717, 1.165) is 12.8 Å². The number of rotatable bonds is 3. The number of morpholine rings is 1. The normalized spacial score (nSPS) is 26.0. The highest BCUT2D eigenvalue weighted by Gasteiger charge is 2.32. The molecule has 2 heterocycles. The lowest BCUT2D eigenvalue weighted by Gasteiger charge is -2.34. The molecule has 1 aromatic rings. The molecule has 0 radical (unpaired) electrons. The fourth-order valence-corrected chi connectivity index (χ4v) is 5.12. The molecule has 2 fully saturated rings. The lowest BCUT2D eigenvalue weighted by atomic mass is 10.1. The van der Waals surface area contributed by atoms with Gasteiger partial charge >= 0.3 is 0 Å². The van der Waals surface area contributed by atoms with Gasteiger partial charge in [0.05, 0.1) is 17.1 Å². The fraction of sp³-hybridized carbons (Fsp3) is 0.611. The molecule has 7 nitrogen and oxygen atoms in total. The number of amides is 1. The average Bonchev–Trinajstić information content (AvgIpc) is 2.61. The molecule has 0 aliphatic carbocycles. The number of likely N-dealkylation sites (tertiary alicyclic amines) is 1. The zero-order valence-electron chi connectivity index (χ0n) is 15.3. The van der Waals surface area contributed by atoms with Gasteiger partial charge in [0.25, 0.3) is 5.91 Å². The Labute approximate surface area is 155 Å². The number of carbonyl (C=O) groups excluding carboxylic acids is 1. The zero-order chi connectivity index (χ0) is 18.9. The maximum Gasteiger partial charge on any atom is 0.253 e. The van der Waals surface area contributed by atoms with E-state index in [1.165, 1.54) is 16.4 Å². The van der Waals surface area contributed by atoms with Gasteiger partial charge in [-0.3, -0.25) is 4.79 Å². The molecule has 2 unspecified atom stereocenters. The van der Waals surface area contributed by atoms with Gasteiger partial charge in [-0.2, -0.15) is 4.31 Å². The summed E-state index contributed by atoms with van der Waals surface area (Å²) in [7, 11) is -3.59. The Hall–Kier alpha value is -1.48. The third kappa shape index (κ3) is 4.09. The molecule has 2 saturated heterocycles. The van der Waals surface area contributed by atoms with Crippen LogP contribution in [0.25, 0.3) is 0 Å². The number of hydrogen-bond acceptors (Lipinski definition) is 5. The van der Waals surface area contributed by atoms with Crippen molar-refractivity contribution in [1.29, 1.82) is 0 Å². The highest BCUT2D eigenvalue weighted by molar-refractivity contribution is 7.89. The summed E-state index contributed by atoms with van der Waals surface area (Å²) in [6, 6.07) is 6.38. The van der Waals surface area contributed by atoms with Crippen molar-refractivity contribution < 1.29 is 17.9 Å². The molecule has 2 aliphatic rings. The first-order valence-corrected chi connectivity index (χ1v) is 10.5. The van der Waals surface area contributed by atoms with Gasteiger partial charge in [0, 0.05) is 37.8 Å². The molecule has 1 aromatic carbocycles. The van der Waals surface area contributed by atoms with E-state index < -0.39 is 10.0 Å². The van der Waals surface area contributed by atoms with E-state index in [0.29, 0.717) is 31.7 Å². The first kappa shape index (κ1) is 19.3. The van der Waals surface area contributed by atoms with Crippen LogP contribution in [0.3, 0.4) is 0 Å². The van der Waals surface area contributed by atoms with Crippen LogP contribution in [0.15, 0.2) is 29.2 Å². The van der Waals surface area contributed by atoms with Crippen molar-refractivity contribution in [2.24, 2.45) is 5.73 Å². The molecule has 26 heavy (non-hydrogen) atoms. The van der Waals surface area contributed by atoms with Crippen molar-refractivity contribution in [3.8, 4) is 0 Å². The van der Waals surface area contributed by atoms with Crippen LogP contribution in [0.1, 0.15) is 37.0 Å². The largest absolute Gasteiger partial charge is 0.373 e. The topological polar surface area (TPSA) is 92.9 Å². The van der Waals surface area contributed by atoms with Gasteiger partial charge in [0.1, 0.15) is 0 Å². The van der Waals surface area contributed by atoms with Gasteiger partial charge in [-0.15, -0.1) is 0 Å². The minimum Gasteiger partial charge on any atom is -0.373 e. The highest BCUT2D eigenvalue weighted by atomic mass is 32.2. The molecule has 3 rings (SSSR count). The van der Waals surface area contributed by atoms with Crippen molar-refractivity contribution in [3.63, 3.8) is 0 Å². The summed E-state index contributed by atoms with van der Waals surface area (Å²) in [5.41, 5.74) is 6.38. The Morgan fingerprint density at radius 1 is 1.08 bits per heavy atom. The quantitative estimate of drug-likeness (QED) is 0.845. The maximum atomic E-state index is 12.9. The van der Waals surface area contributed by atoms with Crippen molar-refractivity contribution in [2.75, 3.05) is 26.2 Å². The highest BCUT2D eigenvalue weighted by Crippen LogP contribution is 2.22. The first-order valence-electron chi connectivity index (χ1n) is 9.08. The number of hydrogen-bond donors (Lipinski definition) is 1. The SMILES string of the molecule is CC1CN(S(=O)(=O)c2ccc(C(=O)N3CCC(N)CC3)cc2)CC(C)O1. The number of nitrogens with two attached hydrogens (primary N) is 1. The third-order valence-electron chi connectivity index (χ3n) is 4.95. The van der Waals surface area contributed by atoms with E-state index in [1.54, 1.807) is 17.0 Å². The summed E-state index contributed by atoms with van der Waals surface area (Å²) in [5.74, 6) is -0.0746. The number of piperidine rings is 1. The van der Waals surface area contributed by atoms with E-state index in [9.17, 15) is 13.2 Å². The summed E-state index contributed by atoms with van der Waals surface area (Å²) in [5, 5.41) is 0. The Morgan fingerprint density at radius 3 is 2.15 bits per heavy atom. The van der Waals surface area contributed by atoms with Crippen molar-refractivity contribution in [2.45, 2.75) is 49.8 Å². The second-order valence-corrected chi connectivity index (χ2v) is 9.17. The summed E-state index contributed by atoms with van der Waals surface area (Å²) >= 11 is 0. The van der Waals surface area contributed by atoms with Gasteiger partial charge in [0.2, 0.25) is 10.0 Å². The molecular weight excluding hydrogens is 354 g/mol. The predicted molar refractivity (Wildman–Crippen MR) is 98.3 cm³/mol. The van der Waals surface area contributed by atoms with Gasteiger partial charge < -0.3 is 15.4 Å². The standard InChI is InChI=1S/C18H27N3O4S/c1-13-11-21(12-14(2)25-13)26(23,24)17-5-3-15(4-6-17)18(22)20-9-7-16(19)8-10-20/h3-6,13-14,16H,7-12,19H2,1-2H3. The third-order valence-corrected chi connectivity index (χ3v) is 6.80. The van der Waals surface area contributed by atoms with Crippen molar-refractivity contribution in [3.05, 3.63) is 29.8 Å². The van der Waals surface area contributed by atoms with Crippen LogP contribution in [0.5, 0.6) is 0 Å². The molecular formula is C18H27N3O4S. The van der Waals surface area contributed by atoms with E-state index >= 15 is 0 Å². The van der Waals surface area contributed by atoms with E-state index in [1.807, 2.05) is 13.8 Å². The number of nitrogens with zero attached hydrogens (tertiary/aromatic N) is 2. The Bertz CT molecular complexity index is 732. The molecule has 144 valence electrons. The summed E-state index contributed by atoms with van der Waals surface area (Å²) < 4.78 is 32.8. The van der Waals surface area contributed by atoms with Gasteiger partial charge in [0.15, 0.2) is 0 Å². The molecule has 2 aliphatic heterocycles. The summed E-state index contributed by atoms with van der Waals surface area (Å²) in [6.45, 7) is 5.69. The fourth-order valence-electron chi connectivity index (χ4n) is 3.53. The minimum atomic E-state index is -3.59. The molecule has 2 N–H and O–H groups in total. The smallest absolute Gasteiger partial charge is 0.253 e. The van der Waals surface area contributed by atoms with Crippen LogP contribution in [-0.4, -0.2) is 68.0 Å². The lowest BCUT2D eigenvalue weighted by Crippen LogP contribution is -2.48.